The van der Waals surface area contributed by atoms with Crippen LogP contribution in [-0.4, -0.2) is 36.6 Å². The topological polar surface area (TPSA) is 21.3 Å². The molecule has 1 rings (SSSR count). The van der Waals surface area contributed by atoms with Gasteiger partial charge in [-0.25, -0.2) is 0 Å². The highest BCUT2D eigenvalue weighted by atomic mass is 35.5. The summed E-state index contributed by atoms with van der Waals surface area (Å²) in [6, 6.07) is 0. The second kappa shape index (κ2) is 6.16. The Balaban J connectivity index is 2.31. The summed E-state index contributed by atoms with van der Waals surface area (Å²) in [6.07, 6.45) is 3.63. The van der Waals surface area contributed by atoms with Crippen LogP contribution >= 0.6 is 23.2 Å². The molecule has 0 saturated carbocycles. The monoisotopic (exact) mass is 239 g/mol. The van der Waals surface area contributed by atoms with Gasteiger partial charge in [-0.05, 0) is 19.3 Å². The van der Waals surface area contributed by atoms with Crippen LogP contribution in [0.2, 0.25) is 0 Å². The number of alkyl halides is 2. The minimum atomic E-state index is -0.116. The SMILES string of the molecule is CCC(CCl)(CCl)NCC1CCCO1. The van der Waals surface area contributed by atoms with Crippen molar-refractivity contribution in [2.75, 3.05) is 24.9 Å². The predicted octanol–water partition coefficient (Wildman–Crippen LogP) is 2.38. The van der Waals surface area contributed by atoms with E-state index in [1.165, 1.54) is 6.42 Å². The lowest BCUT2D eigenvalue weighted by molar-refractivity contribution is 0.103. The summed E-state index contributed by atoms with van der Waals surface area (Å²) < 4.78 is 5.53. The van der Waals surface area contributed by atoms with E-state index in [1.54, 1.807) is 0 Å². The third kappa shape index (κ3) is 3.27. The molecule has 0 aromatic heterocycles. The molecule has 0 aliphatic carbocycles. The molecule has 1 heterocycles. The number of hydrogen-bond donors (Lipinski definition) is 1. The highest BCUT2D eigenvalue weighted by Gasteiger charge is 2.27. The number of hydrogen-bond acceptors (Lipinski definition) is 2. The molecule has 0 radical (unpaired) electrons. The van der Waals surface area contributed by atoms with Crippen LogP contribution < -0.4 is 5.32 Å². The Labute approximate surface area is 96.3 Å². The van der Waals surface area contributed by atoms with Crippen LogP contribution in [0.5, 0.6) is 0 Å². The van der Waals surface area contributed by atoms with Crippen molar-refractivity contribution in [1.82, 2.24) is 5.32 Å². The van der Waals surface area contributed by atoms with Crippen molar-refractivity contribution in [2.45, 2.75) is 37.8 Å². The quantitative estimate of drug-likeness (QED) is 0.720. The first-order valence-corrected chi connectivity index (χ1v) is 6.32. The van der Waals surface area contributed by atoms with E-state index >= 15 is 0 Å². The molecule has 4 heteroatoms. The Morgan fingerprint density at radius 3 is 2.57 bits per heavy atom. The van der Waals surface area contributed by atoms with Crippen molar-refractivity contribution in [1.29, 1.82) is 0 Å². The molecular formula is C10H19Cl2NO. The van der Waals surface area contributed by atoms with Gasteiger partial charge in [0.25, 0.3) is 0 Å². The Hall–Kier alpha value is 0.500. The van der Waals surface area contributed by atoms with Crippen LogP contribution in [0, 0.1) is 0 Å². The lowest BCUT2D eigenvalue weighted by Crippen LogP contribution is -2.50. The van der Waals surface area contributed by atoms with Crippen molar-refractivity contribution < 1.29 is 4.74 Å². The summed E-state index contributed by atoms with van der Waals surface area (Å²) in [6.45, 7) is 3.87. The van der Waals surface area contributed by atoms with Gasteiger partial charge in [-0.2, -0.15) is 0 Å². The highest BCUT2D eigenvalue weighted by Crippen LogP contribution is 2.17. The average molecular weight is 240 g/mol. The minimum absolute atomic E-state index is 0.116. The molecule has 14 heavy (non-hydrogen) atoms. The Kier molecular flexibility index (Phi) is 5.53. The lowest BCUT2D eigenvalue weighted by Gasteiger charge is -2.30. The Bertz CT molecular complexity index is 148. The second-order valence-electron chi connectivity index (χ2n) is 3.92. The molecule has 1 aliphatic rings. The zero-order valence-electron chi connectivity index (χ0n) is 8.69. The second-order valence-corrected chi connectivity index (χ2v) is 4.45. The van der Waals surface area contributed by atoms with Crippen LogP contribution in [0.3, 0.4) is 0 Å². The molecule has 0 aromatic carbocycles. The molecule has 1 N–H and O–H groups in total. The Morgan fingerprint density at radius 2 is 2.14 bits per heavy atom. The fraction of sp³-hybridized carbons (Fsp3) is 1.00. The molecule has 0 bridgehead atoms. The summed E-state index contributed by atoms with van der Waals surface area (Å²) in [5.41, 5.74) is -0.116. The van der Waals surface area contributed by atoms with Gasteiger partial charge in [-0.15, -0.1) is 23.2 Å². The molecule has 2 nitrogen and oxygen atoms in total. The molecule has 1 saturated heterocycles. The molecule has 1 unspecified atom stereocenters. The molecule has 1 aliphatic heterocycles. The van der Waals surface area contributed by atoms with Gasteiger partial charge in [0, 0.05) is 30.5 Å². The molecular weight excluding hydrogens is 221 g/mol. The molecule has 84 valence electrons. The number of nitrogens with one attached hydrogen (secondary N) is 1. The molecule has 0 aromatic rings. The zero-order chi connectivity index (χ0) is 10.4. The van der Waals surface area contributed by atoms with E-state index in [0.717, 1.165) is 26.0 Å². The maximum Gasteiger partial charge on any atom is 0.0700 e. The molecule has 1 atom stereocenters. The summed E-state index contributed by atoms with van der Waals surface area (Å²) >= 11 is 11.8. The number of ether oxygens (including phenoxy) is 1. The summed E-state index contributed by atoms with van der Waals surface area (Å²) in [5, 5.41) is 3.44. The van der Waals surface area contributed by atoms with Crippen molar-refractivity contribution >= 4 is 23.2 Å². The van der Waals surface area contributed by atoms with E-state index in [9.17, 15) is 0 Å². The molecule has 0 spiro atoms. The fourth-order valence-corrected chi connectivity index (χ4v) is 2.43. The minimum Gasteiger partial charge on any atom is -0.377 e. The number of rotatable bonds is 6. The van der Waals surface area contributed by atoms with E-state index < -0.39 is 0 Å². The van der Waals surface area contributed by atoms with E-state index in [4.69, 9.17) is 27.9 Å². The predicted molar refractivity (Wildman–Crippen MR) is 61.4 cm³/mol. The van der Waals surface area contributed by atoms with Gasteiger partial charge in [0.15, 0.2) is 0 Å². The molecule has 0 amide bonds. The largest absolute Gasteiger partial charge is 0.377 e. The van der Waals surface area contributed by atoms with Crippen molar-refractivity contribution in [3.8, 4) is 0 Å². The summed E-state index contributed by atoms with van der Waals surface area (Å²) in [4.78, 5) is 0. The van der Waals surface area contributed by atoms with Crippen molar-refractivity contribution in [3.63, 3.8) is 0 Å². The van der Waals surface area contributed by atoms with Crippen LogP contribution in [0.1, 0.15) is 26.2 Å². The smallest absolute Gasteiger partial charge is 0.0700 e. The normalized spacial score (nSPS) is 22.9. The highest BCUT2D eigenvalue weighted by molar-refractivity contribution is 6.22. The van der Waals surface area contributed by atoms with Crippen molar-refractivity contribution in [2.24, 2.45) is 0 Å². The van der Waals surface area contributed by atoms with E-state index in [1.807, 2.05) is 0 Å². The van der Waals surface area contributed by atoms with Gasteiger partial charge in [0.1, 0.15) is 0 Å². The third-order valence-corrected chi connectivity index (χ3v) is 3.94. The maximum atomic E-state index is 5.92. The fourth-order valence-electron chi connectivity index (χ4n) is 1.58. The van der Waals surface area contributed by atoms with Crippen LogP contribution in [0.4, 0.5) is 0 Å². The molecule has 1 fully saturated rings. The Morgan fingerprint density at radius 1 is 1.43 bits per heavy atom. The first-order chi connectivity index (χ1) is 6.76. The first-order valence-electron chi connectivity index (χ1n) is 5.25. The standard InChI is InChI=1S/C10H19Cl2NO/c1-2-10(7-11,8-12)13-6-9-4-3-5-14-9/h9,13H,2-8H2,1H3. The van der Waals surface area contributed by atoms with Crippen molar-refractivity contribution in [3.05, 3.63) is 0 Å². The van der Waals surface area contributed by atoms with E-state index in [2.05, 4.69) is 12.2 Å². The number of halogens is 2. The van der Waals surface area contributed by atoms with Gasteiger partial charge >= 0.3 is 0 Å². The first kappa shape index (κ1) is 12.6. The summed E-state index contributed by atoms with van der Waals surface area (Å²) in [5.74, 6) is 1.11. The van der Waals surface area contributed by atoms with E-state index in [-0.39, 0.29) is 5.54 Å². The summed E-state index contributed by atoms with van der Waals surface area (Å²) in [7, 11) is 0. The zero-order valence-corrected chi connectivity index (χ0v) is 10.2. The average Bonchev–Trinajstić information content (AvgIpc) is 2.74. The maximum absolute atomic E-state index is 5.92. The van der Waals surface area contributed by atoms with Crippen LogP contribution in [-0.2, 0) is 4.74 Å². The van der Waals surface area contributed by atoms with Gasteiger partial charge < -0.3 is 10.1 Å². The van der Waals surface area contributed by atoms with Gasteiger partial charge in [0.2, 0.25) is 0 Å². The third-order valence-electron chi connectivity index (χ3n) is 2.92. The van der Waals surface area contributed by atoms with Gasteiger partial charge in [0.05, 0.1) is 6.10 Å². The van der Waals surface area contributed by atoms with Crippen LogP contribution in [0.15, 0.2) is 0 Å². The van der Waals surface area contributed by atoms with E-state index in [0.29, 0.717) is 17.9 Å². The van der Waals surface area contributed by atoms with Gasteiger partial charge in [-0.3, -0.25) is 0 Å². The van der Waals surface area contributed by atoms with Crippen LogP contribution in [0.25, 0.3) is 0 Å². The lowest BCUT2D eigenvalue weighted by atomic mass is 10.0. The van der Waals surface area contributed by atoms with Gasteiger partial charge in [-0.1, -0.05) is 6.92 Å².